The van der Waals surface area contributed by atoms with Crippen molar-refractivity contribution in [1.82, 2.24) is 5.32 Å². The molecular formula is C12H15ClFN. The van der Waals surface area contributed by atoms with Crippen molar-refractivity contribution >= 4 is 17.7 Å². The van der Waals surface area contributed by atoms with Gasteiger partial charge >= 0.3 is 0 Å². The Bertz CT molecular complexity index is 329. The highest BCUT2D eigenvalue weighted by molar-refractivity contribution is 6.30. The minimum absolute atomic E-state index is 0.275. The first-order valence-electron chi connectivity index (χ1n) is 4.99. The first kappa shape index (κ1) is 12.2. The number of hydrogen-bond acceptors (Lipinski definition) is 1. The lowest BCUT2D eigenvalue weighted by atomic mass is 10.2. The zero-order chi connectivity index (χ0) is 11.3. The van der Waals surface area contributed by atoms with Crippen LogP contribution >= 0.6 is 11.6 Å². The van der Waals surface area contributed by atoms with Crippen LogP contribution in [0.5, 0.6) is 0 Å². The molecule has 0 aliphatic carbocycles. The molecule has 0 amide bonds. The second-order valence-electron chi connectivity index (χ2n) is 3.41. The Morgan fingerprint density at radius 3 is 2.80 bits per heavy atom. The summed E-state index contributed by atoms with van der Waals surface area (Å²) in [5, 5.41) is 3.65. The molecule has 3 heteroatoms. The lowest BCUT2D eigenvalue weighted by Gasteiger charge is -2.05. The molecule has 0 saturated heterocycles. The average molecular weight is 228 g/mol. The van der Waals surface area contributed by atoms with E-state index in [4.69, 9.17) is 11.6 Å². The van der Waals surface area contributed by atoms with Gasteiger partial charge in [0.2, 0.25) is 0 Å². The molecule has 0 fully saturated rings. The van der Waals surface area contributed by atoms with Gasteiger partial charge in [-0.15, -0.1) is 0 Å². The van der Waals surface area contributed by atoms with Crippen LogP contribution in [-0.4, -0.2) is 12.6 Å². The summed E-state index contributed by atoms with van der Waals surface area (Å²) < 4.78 is 13.0. The van der Waals surface area contributed by atoms with E-state index in [1.54, 1.807) is 6.07 Å². The minimum Gasteiger partial charge on any atom is -0.311 e. The molecule has 0 radical (unpaired) electrons. The summed E-state index contributed by atoms with van der Waals surface area (Å²) in [6, 6.07) is 4.77. The fourth-order valence-electron chi connectivity index (χ4n) is 1.32. The molecule has 1 nitrogen and oxygen atoms in total. The normalized spacial score (nSPS) is 13.3. The van der Waals surface area contributed by atoms with Crippen LogP contribution in [-0.2, 0) is 0 Å². The molecule has 1 aromatic carbocycles. The van der Waals surface area contributed by atoms with E-state index in [-0.39, 0.29) is 11.9 Å². The maximum absolute atomic E-state index is 13.0. The molecule has 0 bridgehead atoms. The Balaban J connectivity index is 2.71. The highest BCUT2D eigenvalue weighted by atomic mass is 35.5. The van der Waals surface area contributed by atoms with Gasteiger partial charge in [0.25, 0.3) is 0 Å². The van der Waals surface area contributed by atoms with Crippen LogP contribution in [0.3, 0.4) is 0 Å². The molecule has 15 heavy (non-hydrogen) atoms. The molecule has 82 valence electrons. The van der Waals surface area contributed by atoms with E-state index in [2.05, 4.69) is 5.32 Å². The van der Waals surface area contributed by atoms with E-state index in [9.17, 15) is 4.39 Å². The molecule has 0 aliphatic heterocycles. The Hall–Kier alpha value is -0.860. The number of hydrogen-bond donors (Lipinski definition) is 1. The second-order valence-corrected chi connectivity index (χ2v) is 3.84. The van der Waals surface area contributed by atoms with Gasteiger partial charge in [-0.25, -0.2) is 4.39 Å². The van der Waals surface area contributed by atoms with Gasteiger partial charge in [0.15, 0.2) is 0 Å². The predicted octanol–water partition coefficient (Wildman–Crippen LogP) is 3.49. The molecule has 1 unspecified atom stereocenters. The number of halogens is 2. The molecule has 0 aliphatic rings. The quantitative estimate of drug-likeness (QED) is 0.831. The van der Waals surface area contributed by atoms with Crippen molar-refractivity contribution in [3.63, 3.8) is 0 Å². The summed E-state index contributed by atoms with van der Waals surface area (Å²) in [4.78, 5) is 0. The highest BCUT2D eigenvalue weighted by Crippen LogP contribution is 2.15. The minimum atomic E-state index is -0.307. The van der Waals surface area contributed by atoms with Crippen LogP contribution in [0.1, 0.15) is 19.4 Å². The Morgan fingerprint density at radius 2 is 2.20 bits per heavy atom. The molecular weight excluding hydrogens is 213 g/mol. The zero-order valence-corrected chi connectivity index (χ0v) is 9.68. The maximum Gasteiger partial charge on any atom is 0.125 e. The Kier molecular flexibility index (Phi) is 4.79. The number of rotatable bonds is 4. The topological polar surface area (TPSA) is 12.0 Å². The van der Waals surface area contributed by atoms with Crippen molar-refractivity contribution in [2.45, 2.75) is 19.9 Å². The van der Waals surface area contributed by atoms with Crippen LogP contribution in [0.25, 0.3) is 6.08 Å². The van der Waals surface area contributed by atoms with E-state index in [0.29, 0.717) is 5.02 Å². The molecule has 0 aromatic heterocycles. The van der Waals surface area contributed by atoms with Crippen LogP contribution < -0.4 is 5.32 Å². The molecule has 1 N–H and O–H groups in total. The van der Waals surface area contributed by atoms with Crippen LogP contribution in [0.4, 0.5) is 4.39 Å². The second kappa shape index (κ2) is 5.89. The SMILES string of the molecule is CCNC(C)/C=C/c1cc(F)cc(Cl)c1. The highest BCUT2D eigenvalue weighted by Gasteiger charge is 1.97. The zero-order valence-electron chi connectivity index (χ0n) is 8.93. The van der Waals surface area contributed by atoms with E-state index >= 15 is 0 Å². The number of nitrogens with one attached hydrogen (secondary N) is 1. The van der Waals surface area contributed by atoms with Gasteiger partial charge in [-0.1, -0.05) is 30.7 Å². The lowest BCUT2D eigenvalue weighted by molar-refractivity contribution is 0.627. The van der Waals surface area contributed by atoms with E-state index < -0.39 is 0 Å². The number of benzene rings is 1. The van der Waals surface area contributed by atoms with E-state index in [0.717, 1.165) is 12.1 Å². The molecule has 0 heterocycles. The van der Waals surface area contributed by atoms with Crippen molar-refractivity contribution in [2.24, 2.45) is 0 Å². The average Bonchev–Trinajstić information content (AvgIpc) is 2.14. The van der Waals surface area contributed by atoms with Gasteiger partial charge in [0.05, 0.1) is 0 Å². The third kappa shape index (κ3) is 4.45. The van der Waals surface area contributed by atoms with Gasteiger partial charge < -0.3 is 5.32 Å². The predicted molar refractivity (Wildman–Crippen MR) is 63.6 cm³/mol. The summed E-state index contributed by atoms with van der Waals surface area (Å²) in [5.74, 6) is -0.307. The van der Waals surface area contributed by atoms with Crippen molar-refractivity contribution in [2.75, 3.05) is 6.54 Å². The summed E-state index contributed by atoms with van der Waals surface area (Å²) in [5.41, 5.74) is 0.782. The monoisotopic (exact) mass is 227 g/mol. The fourth-order valence-corrected chi connectivity index (χ4v) is 1.55. The third-order valence-corrected chi connectivity index (χ3v) is 2.21. The molecule has 0 saturated carbocycles. The molecule has 1 atom stereocenters. The fraction of sp³-hybridized carbons (Fsp3) is 0.333. The van der Waals surface area contributed by atoms with Crippen molar-refractivity contribution in [1.29, 1.82) is 0 Å². The largest absolute Gasteiger partial charge is 0.311 e. The van der Waals surface area contributed by atoms with Crippen LogP contribution in [0.2, 0.25) is 5.02 Å². The van der Waals surface area contributed by atoms with Crippen LogP contribution in [0, 0.1) is 5.82 Å². The van der Waals surface area contributed by atoms with Crippen molar-refractivity contribution in [3.8, 4) is 0 Å². The van der Waals surface area contributed by atoms with Gasteiger partial charge in [0, 0.05) is 11.1 Å². The first-order valence-corrected chi connectivity index (χ1v) is 5.37. The maximum atomic E-state index is 13.0. The summed E-state index contributed by atoms with van der Waals surface area (Å²) in [6.45, 7) is 5.00. The summed E-state index contributed by atoms with van der Waals surface area (Å²) >= 11 is 5.74. The van der Waals surface area contributed by atoms with Gasteiger partial charge in [0.1, 0.15) is 5.82 Å². The smallest absolute Gasteiger partial charge is 0.125 e. The Labute approximate surface area is 95.0 Å². The van der Waals surface area contributed by atoms with Crippen LogP contribution in [0.15, 0.2) is 24.3 Å². The standard InChI is InChI=1S/C12H15ClFN/c1-3-15-9(2)4-5-10-6-11(13)8-12(14)7-10/h4-9,15H,3H2,1-2H3/b5-4+. The Morgan fingerprint density at radius 1 is 1.47 bits per heavy atom. The van der Waals surface area contributed by atoms with Crippen molar-refractivity contribution in [3.05, 3.63) is 40.7 Å². The van der Waals surface area contributed by atoms with Gasteiger partial charge in [-0.05, 0) is 37.2 Å². The molecule has 1 rings (SSSR count). The third-order valence-electron chi connectivity index (χ3n) is 1.99. The molecule has 1 aromatic rings. The van der Waals surface area contributed by atoms with Gasteiger partial charge in [-0.3, -0.25) is 0 Å². The molecule has 0 spiro atoms. The summed E-state index contributed by atoms with van der Waals surface area (Å²) in [6.07, 6.45) is 3.84. The van der Waals surface area contributed by atoms with Gasteiger partial charge in [-0.2, -0.15) is 0 Å². The van der Waals surface area contributed by atoms with E-state index in [1.165, 1.54) is 12.1 Å². The summed E-state index contributed by atoms with van der Waals surface area (Å²) in [7, 11) is 0. The number of likely N-dealkylation sites (N-methyl/N-ethyl adjacent to an activating group) is 1. The first-order chi connectivity index (χ1) is 7.11. The van der Waals surface area contributed by atoms with E-state index in [1.807, 2.05) is 26.0 Å². The van der Waals surface area contributed by atoms with Crippen molar-refractivity contribution < 1.29 is 4.39 Å². The lowest BCUT2D eigenvalue weighted by Crippen LogP contribution is -2.22.